The highest BCUT2D eigenvalue weighted by molar-refractivity contribution is 7.80. The van der Waals surface area contributed by atoms with Crippen LogP contribution in [0.15, 0.2) is 72.9 Å². The molecule has 1 amide bonds. The van der Waals surface area contributed by atoms with Crippen LogP contribution in [0.5, 0.6) is 23.0 Å². The first-order chi connectivity index (χ1) is 20.9. The standard InChI is InChI=1S/C32H33FN4O5S/c1-40-29-19-24-26(20-30(29)41-16-15-37-13-10-23(38)11-14-37)34-12-9-27(24)42-28-8-7-22(18-25(28)33)35-32(43)36-31(39)17-21-5-3-2-4-6-21/h2-9,12,18-20,23,38H,10-11,13-17H2,1H3,(H2,35,36,39,43). The number of aromatic nitrogens is 1. The summed E-state index contributed by atoms with van der Waals surface area (Å²) < 4.78 is 32.6. The van der Waals surface area contributed by atoms with Crippen molar-refractivity contribution >= 4 is 39.8 Å². The first-order valence-corrected chi connectivity index (χ1v) is 14.4. The summed E-state index contributed by atoms with van der Waals surface area (Å²) in [6.45, 7) is 2.87. The van der Waals surface area contributed by atoms with Gasteiger partial charge in [-0.05, 0) is 54.9 Å². The van der Waals surface area contributed by atoms with E-state index < -0.39 is 5.82 Å². The molecule has 1 aliphatic heterocycles. The van der Waals surface area contributed by atoms with E-state index in [1.807, 2.05) is 30.3 Å². The van der Waals surface area contributed by atoms with Gasteiger partial charge < -0.3 is 30.0 Å². The maximum absolute atomic E-state index is 15.1. The Morgan fingerprint density at radius 2 is 1.84 bits per heavy atom. The van der Waals surface area contributed by atoms with E-state index in [0.717, 1.165) is 38.0 Å². The van der Waals surface area contributed by atoms with Gasteiger partial charge in [-0.1, -0.05) is 30.3 Å². The van der Waals surface area contributed by atoms with Gasteiger partial charge in [-0.15, -0.1) is 0 Å². The molecule has 11 heteroatoms. The number of nitrogens with one attached hydrogen (secondary N) is 2. The number of nitrogens with zero attached hydrogens (tertiary/aromatic N) is 2. The van der Waals surface area contributed by atoms with Crippen LogP contribution in [0, 0.1) is 5.82 Å². The quantitative estimate of drug-likeness (QED) is 0.214. The van der Waals surface area contributed by atoms with E-state index in [-0.39, 0.29) is 29.3 Å². The van der Waals surface area contributed by atoms with Crippen LogP contribution in [0.2, 0.25) is 0 Å². The van der Waals surface area contributed by atoms with Gasteiger partial charge in [0.1, 0.15) is 12.4 Å². The minimum Gasteiger partial charge on any atom is -0.493 e. The van der Waals surface area contributed by atoms with Crippen molar-refractivity contribution in [3.63, 3.8) is 0 Å². The summed E-state index contributed by atoms with van der Waals surface area (Å²) in [6, 6.07) is 18.8. The topological polar surface area (TPSA) is 105 Å². The van der Waals surface area contributed by atoms with Crippen molar-refractivity contribution in [1.29, 1.82) is 0 Å². The van der Waals surface area contributed by atoms with E-state index in [4.69, 9.17) is 26.4 Å². The lowest BCUT2D eigenvalue weighted by molar-refractivity contribution is -0.119. The Labute approximate surface area is 254 Å². The molecular formula is C32H33FN4O5S. The molecule has 1 aliphatic rings. The van der Waals surface area contributed by atoms with Gasteiger partial charge in [0.05, 0.1) is 25.2 Å². The van der Waals surface area contributed by atoms with Crippen LogP contribution in [0.1, 0.15) is 18.4 Å². The van der Waals surface area contributed by atoms with Gasteiger partial charge in [0.15, 0.2) is 28.2 Å². The zero-order valence-corrected chi connectivity index (χ0v) is 24.5. The number of hydrogen-bond acceptors (Lipinski definition) is 8. The monoisotopic (exact) mass is 604 g/mol. The highest BCUT2D eigenvalue weighted by Gasteiger charge is 2.18. The SMILES string of the molecule is COc1cc2c(Oc3ccc(NC(=S)NC(=O)Cc4ccccc4)cc3F)ccnc2cc1OCCN1CCC(O)CC1. The molecule has 0 saturated carbocycles. The molecule has 0 spiro atoms. The highest BCUT2D eigenvalue weighted by Crippen LogP contribution is 2.37. The van der Waals surface area contributed by atoms with Crippen molar-refractivity contribution in [2.75, 3.05) is 38.7 Å². The Kier molecular flexibility index (Phi) is 9.98. The number of halogens is 1. The van der Waals surface area contributed by atoms with Crippen molar-refractivity contribution in [2.45, 2.75) is 25.4 Å². The average molecular weight is 605 g/mol. The Morgan fingerprint density at radius 1 is 1.05 bits per heavy atom. The van der Waals surface area contributed by atoms with E-state index in [2.05, 4.69) is 20.5 Å². The first-order valence-electron chi connectivity index (χ1n) is 14.0. The van der Waals surface area contributed by atoms with Gasteiger partial charge in [0, 0.05) is 49.0 Å². The van der Waals surface area contributed by atoms with Crippen molar-refractivity contribution in [3.05, 3.63) is 84.3 Å². The van der Waals surface area contributed by atoms with E-state index in [1.54, 1.807) is 37.6 Å². The summed E-state index contributed by atoms with van der Waals surface area (Å²) >= 11 is 5.22. The number of thiocarbonyl (C=S) groups is 1. The molecular weight excluding hydrogens is 571 g/mol. The number of rotatable bonds is 10. The van der Waals surface area contributed by atoms with Crippen molar-refractivity contribution < 1.29 is 28.5 Å². The molecule has 0 unspecified atom stereocenters. The second-order valence-corrected chi connectivity index (χ2v) is 10.6. The molecule has 9 nitrogen and oxygen atoms in total. The Hall–Kier alpha value is -4.32. The number of hydrogen-bond donors (Lipinski definition) is 3. The van der Waals surface area contributed by atoms with E-state index in [9.17, 15) is 9.90 Å². The molecule has 2 heterocycles. The van der Waals surface area contributed by atoms with Gasteiger partial charge in [0.2, 0.25) is 5.91 Å². The summed E-state index contributed by atoms with van der Waals surface area (Å²) in [5.74, 6) is 0.548. The summed E-state index contributed by atoms with van der Waals surface area (Å²) in [6.07, 6.45) is 3.08. The number of anilines is 1. The number of amides is 1. The van der Waals surface area contributed by atoms with Crippen LogP contribution in [0.25, 0.3) is 10.9 Å². The van der Waals surface area contributed by atoms with Crippen LogP contribution in [-0.4, -0.2) is 65.5 Å². The second-order valence-electron chi connectivity index (χ2n) is 10.2. The number of piperidine rings is 1. The summed E-state index contributed by atoms with van der Waals surface area (Å²) in [5, 5.41) is 15.8. The number of benzene rings is 3. The van der Waals surface area contributed by atoms with E-state index in [1.165, 1.54) is 12.1 Å². The maximum Gasteiger partial charge on any atom is 0.230 e. The molecule has 3 aromatic carbocycles. The van der Waals surface area contributed by atoms with Crippen molar-refractivity contribution in [2.24, 2.45) is 0 Å². The number of fused-ring (bicyclic) bond motifs is 1. The lowest BCUT2D eigenvalue weighted by atomic mass is 10.1. The van der Waals surface area contributed by atoms with Gasteiger partial charge in [-0.3, -0.25) is 14.7 Å². The number of methoxy groups -OCH3 is 1. The average Bonchev–Trinajstić information content (AvgIpc) is 2.99. The number of carbonyl (C=O) groups is 1. The zero-order chi connectivity index (χ0) is 30.2. The van der Waals surface area contributed by atoms with Crippen LogP contribution in [-0.2, 0) is 11.2 Å². The fourth-order valence-corrected chi connectivity index (χ4v) is 5.04. The van der Waals surface area contributed by atoms with Crippen molar-refractivity contribution in [1.82, 2.24) is 15.2 Å². The van der Waals surface area contributed by atoms with E-state index >= 15 is 4.39 Å². The molecule has 0 aliphatic carbocycles. The number of aliphatic hydroxyl groups excluding tert-OH is 1. The number of carbonyl (C=O) groups excluding carboxylic acids is 1. The Bertz CT molecular complexity index is 1580. The summed E-state index contributed by atoms with van der Waals surface area (Å²) in [4.78, 5) is 19.0. The van der Waals surface area contributed by atoms with Crippen molar-refractivity contribution in [3.8, 4) is 23.0 Å². The highest BCUT2D eigenvalue weighted by atomic mass is 32.1. The van der Waals surface area contributed by atoms with Gasteiger partial charge in [0.25, 0.3) is 0 Å². The molecule has 4 aromatic rings. The van der Waals surface area contributed by atoms with Gasteiger partial charge in [-0.2, -0.15) is 0 Å². The number of likely N-dealkylation sites (tertiary alicyclic amines) is 1. The van der Waals surface area contributed by atoms with Crippen LogP contribution < -0.4 is 24.8 Å². The normalized spacial score (nSPS) is 13.8. The molecule has 43 heavy (non-hydrogen) atoms. The molecule has 1 aromatic heterocycles. The third-order valence-corrected chi connectivity index (χ3v) is 7.28. The largest absolute Gasteiger partial charge is 0.493 e. The van der Waals surface area contributed by atoms with Gasteiger partial charge in [-0.25, -0.2) is 4.39 Å². The lowest BCUT2D eigenvalue weighted by Gasteiger charge is -2.29. The predicted molar refractivity (Wildman–Crippen MR) is 166 cm³/mol. The fraction of sp³-hybridized carbons (Fsp3) is 0.281. The van der Waals surface area contributed by atoms with Crippen LogP contribution in [0.4, 0.5) is 10.1 Å². The lowest BCUT2D eigenvalue weighted by Crippen LogP contribution is -2.38. The minimum absolute atomic E-state index is 0.00280. The third-order valence-electron chi connectivity index (χ3n) is 7.08. The zero-order valence-electron chi connectivity index (χ0n) is 23.7. The molecule has 1 fully saturated rings. The molecule has 1 saturated heterocycles. The number of pyridine rings is 1. The van der Waals surface area contributed by atoms with E-state index in [0.29, 0.717) is 40.4 Å². The second kappa shape index (κ2) is 14.2. The Morgan fingerprint density at radius 3 is 2.58 bits per heavy atom. The molecule has 3 N–H and O–H groups in total. The van der Waals surface area contributed by atoms with Crippen LogP contribution in [0.3, 0.4) is 0 Å². The third kappa shape index (κ3) is 8.16. The maximum atomic E-state index is 15.1. The number of ether oxygens (including phenoxy) is 3. The number of aliphatic hydroxyl groups is 1. The fourth-order valence-electron chi connectivity index (χ4n) is 4.81. The summed E-state index contributed by atoms with van der Waals surface area (Å²) in [7, 11) is 1.55. The molecule has 0 radical (unpaired) electrons. The minimum atomic E-state index is -0.620. The predicted octanol–water partition coefficient (Wildman–Crippen LogP) is 5.07. The molecule has 0 bridgehead atoms. The first kappa shape index (κ1) is 30.1. The molecule has 5 rings (SSSR count). The summed E-state index contributed by atoms with van der Waals surface area (Å²) in [5.41, 5.74) is 1.82. The van der Waals surface area contributed by atoms with Crippen LogP contribution >= 0.6 is 12.2 Å². The molecule has 0 atom stereocenters. The van der Waals surface area contributed by atoms with Gasteiger partial charge >= 0.3 is 0 Å². The smallest absolute Gasteiger partial charge is 0.230 e. The Balaban J connectivity index is 1.22. The molecule has 224 valence electrons.